The number of alkyl halides is 3. The van der Waals surface area contributed by atoms with Crippen LogP contribution >= 0.6 is 0 Å². The Morgan fingerprint density at radius 3 is 2.18 bits per heavy atom. The number of rotatable bonds is 3. The summed E-state index contributed by atoms with van der Waals surface area (Å²) in [5, 5.41) is 9.85. The van der Waals surface area contributed by atoms with Gasteiger partial charge in [-0.25, -0.2) is 0 Å². The first-order chi connectivity index (χ1) is 4.45. The second-order valence-electron chi connectivity index (χ2n) is 1.90. The third kappa shape index (κ3) is 10.3. The third-order valence-electron chi connectivity index (χ3n) is 0.766. The molecule has 6 heteroatoms. The van der Waals surface area contributed by atoms with E-state index in [0.29, 0.717) is 0 Å². The van der Waals surface area contributed by atoms with Gasteiger partial charge in [0.05, 0.1) is 0 Å². The Labute approximate surface area is 74.9 Å². The smallest absolute Gasteiger partial charge is 0.853 e. The SMILES string of the molecule is CC(C[O-])OCC(F)(F)F.[Li+]. The summed E-state index contributed by atoms with van der Waals surface area (Å²) in [6.07, 6.45) is -5.19. The van der Waals surface area contributed by atoms with Crippen molar-refractivity contribution < 1.29 is 41.9 Å². The van der Waals surface area contributed by atoms with E-state index in [1.807, 2.05) is 0 Å². The molecule has 2 nitrogen and oxygen atoms in total. The van der Waals surface area contributed by atoms with Crippen LogP contribution in [-0.4, -0.2) is 25.5 Å². The van der Waals surface area contributed by atoms with Crippen LogP contribution in [-0.2, 0) is 4.74 Å². The van der Waals surface area contributed by atoms with Crippen molar-refractivity contribution in [2.24, 2.45) is 0 Å². The van der Waals surface area contributed by atoms with Crippen molar-refractivity contribution in [3.63, 3.8) is 0 Å². The molecule has 1 unspecified atom stereocenters. The minimum Gasteiger partial charge on any atom is -0.853 e. The molecule has 0 aromatic rings. The van der Waals surface area contributed by atoms with E-state index >= 15 is 0 Å². The first-order valence-corrected chi connectivity index (χ1v) is 2.72. The van der Waals surface area contributed by atoms with Gasteiger partial charge in [-0.1, -0.05) is 0 Å². The zero-order valence-corrected chi connectivity index (χ0v) is 6.44. The molecule has 0 aliphatic carbocycles. The fraction of sp³-hybridized carbons (Fsp3) is 1.00. The van der Waals surface area contributed by atoms with Crippen LogP contribution in [0.1, 0.15) is 6.92 Å². The Bertz CT molecular complexity index is 96.2. The van der Waals surface area contributed by atoms with E-state index in [4.69, 9.17) is 0 Å². The molecule has 0 saturated carbocycles. The van der Waals surface area contributed by atoms with Gasteiger partial charge in [0.25, 0.3) is 0 Å². The molecule has 1 atom stereocenters. The summed E-state index contributed by atoms with van der Waals surface area (Å²) in [5.74, 6) is 0. The van der Waals surface area contributed by atoms with Gasteiger partial charge in [0.15, 0.2) is 0 Å². The number of hydrogen-bond acceptors (Lipinski definition) is 2. The van der Waals surface area contributed by atoms with Crippen molar-refractivity contribution >= 4 is 0 Å². The van der Waals surface area contributed by atoms with Crippen molar-refractivity contribution in [1.29, 1.82) is 0 Å². The van der Waals surface area contributed by atoms with Gasteiger partial charge in [-0.05, 0) is 6.92 Å². The molecule has 0 rings (SSSR count). The van der Waals surface area contributed by atoms with Crippen molar-refractivity contribution in [1.82, 2.24) is 0 Å². The summed E-state index contributed by atoms with van der Waals surface area (Å²) in [6.45, 7) is -0.675. The molecular formula is C5H8F3LiO2. The molecule has 0 bridgehead atoms. The molecule has 0 spiro atoms. The van der Waals surface area contributed by atoms with E-state index in [2.05, 4.69) is 4.74 Å². The van der Waals surface area contributed by atoms with Gasteiger partial charge in [0.2, 0.25) is 0 Å². The summed E-state index contributed by atoms with van der Waals surface area (Å²) >= 11 is 0. The summed E-state index contributed by atoms with van der Waals surface area (Å²) in [4.78, 5) is 0. The quantitative estimate of drug-likeness (QED) is 0.426. The summed E-state index contributed by atoms with van der Waals surface area (Å²) < 4.78 is 38.1. The summed E-state index contributed by atoms with van der Waals surface area (Å²) in [6, 6.07) is 0. The van der Waals surface area contributed by atoms with E-state index in [0.717, 1.165) is 0 Å². The Morgan fingerprint density at radius 1 is 1.45 bits per heavy atom. The standard InChI is InChI=1S/C5H8F3O2.Li/c1-4(2-9)10-3-5(6,7)8;/h4H,2-3H2,1H3;/q-1;+1. The fourth-order valence-electron chi connectivity index (χ4n) is 0.285. The van der Waals surface area contributed by atoms with Crippen LogP contribution in [0.25, 0.3) is 0 Å². The van der Waals surface area contributed by atoms with Gasteiger partial charge in [0, 0.05) is 6.10 Å². The van der Waals surface area contributed by atoms with E-state index in [9.17, 15) is 18.3 Å². The third-order valence-corrected chi connectivity index (χ3v) is 0.766. The van der Waals surface area contributed by atoms with E-state index in [1.165, 1.54) is 6.92 Å². The Kier molecular flexibility index (Phi) is 7.43. The topological polar surface area (TPSA) is 32.3 Å². The molecule has 62 valence electrons. The molecule has 0 heterocycles. The first-order valence-electron chi connectivity index (χ1n) is 2.72. The molecule has 0 fully saturated rings. The zero-order valence-electron chi connectivity index (χ0n) is 6.44. The van der Waals surface area contributed by atoms with Crippen molar-refractivity contribution in [3.8, 4) is 0 Å². The number of ether oxygens (including phenoxy) is 1. The van der Waals surface area contributed by atoms with Crippen molar-refractivity contribution in [2.45, 2.75) is 19.2 Å². The van der Waals surface area contributed by atoms with Gasteiger partial charge in [-0.15, -0.1) is 6.61 Å². The number of halogens is 3. The maximum absolute atomic E-state index is 11.3. The van der Waals surface area contributed by atoms with E-state index in [-0.39, 0.29) is 18.9 Å². The van der Waals surface area contributed by atoms with Crippen LogP contribution in [0.2, 0.25) is 0 Å². The molecule has 0 aromatic carbocycles. The van der Waals surface area contributed by atoms with Crippen LogP contribution in [0.4, 0.5) is 13.2 Å². The largest absolute Gasteiger partial charge is 1.00 e. The van der Waals surface area contributed by atoms with Crippen LogP contribution in [0.5, 0.6) is 0 Å². The van der Waals surface area contributed by atoms with Crippen molar-refractivity contribution in [3.05, 3.63) is 0 Å². The molecule has 0 saturated heterocycles. The summed E-state index contributed by atoms with van der Waals surface area (Å²) in [7, 11) is 0. The second-order valence-corrected chi connectivity index (χ2v) is 1.90. The number of hydrogen-bond donors (Lipinski definition) is 0. The maximum Gasteiger partial charge on any atom is 1.00 e. The molecule has 0 aliphatic rings. The monoisotopic (exact) mass is 164 g/mol. The Balaban J connectivity index is 0. The van der Waals surface area contributed by atoms with Crippen molar-refractivity contribution in [2.75, 3.05) is 13.2 Å². The second kappa shape index (κ2) is 5.89. The zero-order chi connectivity index (χ0) is 8.20. The van der Waals surface area contributed by atoms with Crippen LogP contribution < -0.4 is 24.0 Å². The van der Waals surface area contributed by atoms with E-state index in [1.54, 1.807) is 0 Å². The minimum absolute atomic E-state index is 0. The fourth-order valence-corrected chi connectivity index (χ4v) is 0.285. The molecular weight excluding hydrogens is 156 g/mol. The molecule has 0 N–H and O–H groups in total. The first kappa shape index (κ1) is 13.9. The average molecular weight is 164 g/mol. The average Bonchev–Trinajstić information content (AvgIpc) is 1.81. The molecule has 0 aliphatic heterocycles. The maximum atomic E-state index is 11.3. The predicted molar refractivity (Wildman–Crippen MR) is 26.3 cm³/mol. The van der Waals surface area contributed by atoms with E-state index < -0.39 is 25.5 Å². The summed E-state index contributed by atoms with van der Waals surface area (Å²) in [5.41, 5.74) is 0. The van der Waals surface area contributed by atoms with Gasteiger partial charge in [-0.3, -0.25) is 0 Å². The van der Waals surface area contributed by atoms with Gasteiger partial charge in [0.1, 0.15) is 6.61 Å². The van der Waals surface area contributed by atoms with Crippen LogP contribution in [0.15, 0.2) is 0 Å². The predicted octanol–water partition coefficient (Wildman–Crippen LogP) is -2.68. The molecule has 0 aromatic heterocycles. The van der Waals surface area contributed by atoms with Crippen LogP contribution in [0.3, 0.4) is 0 Å². The van der Waals surface area contributed by atoms with Gasteiger partial charge < -0.3 is 9.84 Å². The van der Waals surface area contributed by atoms with Crippen LogP contribution in [0, 0.1) is 0 Å². The molecule has 0 amide bonds. The Morgan fingerprint density at radius 2 is 1.91 bits per heavy atom. The minimum atomic E-state index is -4.33. The Hall–Kier alpha value is 0.307. The normalized spacial score (nSPS) is 13.9. The van der Waals surface area contributed by atoms with Gasteiger partial charge >= 0.3 is 25.0 Å². The van der Waals surface area contributed by atoms with Gasteiger partial charge in [-0.2, -0.15) is 13.2 Å². The molecule has 11 heavy (non-hydrogen) atoms. The molecule has 0 radical (unpaired) electrons.